The number of pyridine rings is 1. The van der Waals surface area contributed by atoms with Crippen LogP contribution in [-0.4, -0.2) is 10.5 Å². The summed E-state index contributed by atoms with van der Waals surface area (Å²) in [7, 11) is 0. The molecule has 3 rings (SSSR count). The van der Waals surface area contributed by atoms with Gasteiger partial charge in [-0.3, -0.25) is 0 Å². The summed E-state index contributed by atoms with van der Waals surface area (Å²) in [6.07, 6.45) is 1.81. The van der Waals surface area contributed by atoms with Crippen molar-refractivity contribution in [2.45, 2.75) is 12.4 Å². The van der Waals surface area contributed by atoms with E-state index in [9.17, 15) is 4.39 Å². The molecule has 0 aliphatic carbocycles. The lowest BCUT2D eigenvalue weighted by atomic mass is 10.2. The Morgan fingerprint density at radius 1 is 1.36 bits per heavy atom. The summed E-state index contributed by atoms with van der Waals surface area (Å²) in [6, 6.07) is 8.52. The third kappa shape index (κ3) is 3.09. The summed E-state index contributed by atoms with van der Waals surface area (Å²) >= 11 is 11.0. The van der Waals surface area contributed by atoms with Gasteiger partial charge in [0.15, 0.2) is 5.50 Å². The Labute approximate surface area is 145 Å². The molecule has 3 nitrogen and oxygen atoms in total. The van der Waals surface area contributed by atoms with Crippen LogP contribution in [0.1, 0.15) is 5.56 Å². The van der Waals surface area contributed by atoms with Crippen LogP contribution in [0.4, 0.5) is 15.9 Å². The van der Waals surface area contributed by atoms with Gasteiger partial charge in [0.25, 0.3) is 0 Å². The number of thioether (sulfide) groups is 1. The van der Waals surface area contributed by atoms with Gasteiger partial charge in [-0.25, -0.2) is 9.37 Å². The second-order valence-corrected chi connectivity index (χ2v) is 6.91. The first kappa shape index (κ1) is 15.6. The molecule has 0 bridgehead atoms. The molecule has 22 heavy (non-hydrogen) atoms. The van der Waals surface area contributed by atoms with Crippen molar-refractivity contribution in [1.29, 1.82) is 0 Å². The first-order chi connectivity index (χ1) is 10.6. The molecule has 0 saturated carbocycles. The molecule has 7 heteroatoms. The summed E-state index contributed by atoms with van der Waals surface area (Å²) in [5, 5.41) is 5.58. The first-order valence-electron chi connectivity index (χ1n) is 6.50. The van der Waals surface area contributed by atoms with Crippen LogP contribution in [0.2, 0.25) is 5.02 Å². The fourth-order valence-corrected chi connectivity index (χ4v) is 3.52. The number of hydrogen-bond donors (Lipinski definition) is 1. The molecule has 1 unspecified atom stereocenters. The quantitative estimate of drug-likeness (QED) is 0.702. The molecule has 1 atom stereocenters. The molecule has 2 heterocycles. The Balaban J connectivity index is 1.90. The minimum atomic E-state index is -0.356. The van der Waals surface area contributed by atoms with Crippen molar-refractivity contribution in [2.75, 3.05) is 10.2 Å². The van der Waals surface area contributed by atoms with Crippen molar-refractivity contribution in [3.05, 3.63) is 62.9 Å². The van der Waals surface area contributed by atoms with Gasteiger partial charge in [-0.1, -0.05) is 35.5 Å². The Kier molecular flexibility index (Phi) is 4.61. The molecule has 0 radical (unpaired) electrons. The number of aromatic nitrogens is 1. The summed E-state index contributed by atoms with van der Waals surface area (Å²) < 4.78 is 14.9. The smallest absolute Gasteiger partial charge is 0.157 e. The maximum absolute atomic E-state index is 14.1. The van der Waals surface area contributed by atoms with Crippen LogP contribution in [0.3, 0.4) is 0 Å². The Morgan fingerprint density at radius 2 is 2.18 bits per heavy atom. The van der Waals surface area contributed by atoms with Crippen molar-refractivity contribution < 1.29 is 4.39 Å². The number of anilines is 2. The molecule has 114 valence electrons. The van der Waals surface area contributed by atoms with E-state index in [2.05, 4.69) is 26.2 Å². The van der Waals surface area contributed by atoms with Crippen LogP contribution >= 0.6 is 39.3 Å². The highest BCUT2D eigenvalue weighted by Crippen LogP contribution is 2.37. The van der Waals surface area contributed by atoms with Crippen molar-refractivity contribution in [3.63, 3.8) is 0 Å². The Hall–Kier alpha value is -1.24. The van der Waals surface area contributed by atoms with Crippen molar-refractivity contribution >= 4 is 50.8 Å². The Morgan fingerprint density at radius 3 is 2.95 bits per heavy atom. The number of halogens is 3. The topological polar surface area (TPSA) is 28.2 Å². The molecular formula is C15H12BrClFN3S. The molecule has 0 saturated heterocycles. The molecule has 1 aliphatic rings. The molecule has 0 fully saturated rings. The van der Waals surface area contributed by atoms with E-state index in [-0.39, 0.29) is 11.3 Å². The lowest BCUT2D eigenvalue weighted by Gasteiger charge is -2.27. The SMILES string of the molecule is Cc1ccc(Br)nc1NC1SC=CN1c1c(F)cccc1Cl. The summed E-state index contributed by atoms with van der Waals surface area (Å²) in [5.41, 5.74) is 1.15. The van der Waals surface area contributed by atoms with Gasteiger partial charge in [0.05, 0.1) is 10.7 Å². The van der Waals surface area contributed by atoms with E-state index >= 15 is 0 Å². The lowest BCUT2D eigenvalue weighted by Crippen LogP contribution is -2.33. The van der Waals surface area contributed by atoms with E-state index in [1.165, 1.54) is 17.8 Å². The fourth-order valence-electron chi connectivity index (χ4n) is 2.12. The number of hydrogen-bond acceptors (Lipinski definition) is 4. The van der Waals surface area contributed by atoms with Gasteiger partial charge in [-0.15, -0.1) is 0 Å². The van der Waals surface area contributed by atoms with Crippen LogP contribution in [0.5, 0.6) is 0 Å². The third-order valence-corrected chi connectivity index (χ3v) is 4.83. The van der Waals surface area contributed by atoms with Crippen molar-refractivity contribution in [3.8, 4) is 0 Å². The zero-order valence-corrected chi connectivity index (χ0v) is 14.7. The second-order valence-electron chi connectivity index (χ2n) is 4.69. The number of nitrogens with one attached hydrogen (secondary N) is 1. The number of nitrogens with zero attached hydrogens (tertiary/aromatic N) is 2. The number of aryl methyl sites for hydroxylation is 1. The number of benzene rings is 1. The third-order valence-electron chi connectivity index (χ3n) is 3.20. The minimum absolute atomic E-state index is 0.213. The highest BCUT2D eigenvalue weighted by atomic mass is 79.9. The van der Waals surface area contributed by atoms with Crippen LogP contribution in [0, 0.1) is 12.7 Å². The van der Waals surface area contributed by atoms with Gasteiger partial charge in [0.1, 0.15) is 16.2 Å². The van der Waals surface area contributed by atoms with Gasteiger partial charge in [0, 0.05) is 6.20 Å². The highest BCUT2D eigenvalue weighted by Gasteiger charge is 2.26. The maximum Gasteiger partial charge on any atom is 0.157 e. The van der Waals surface area contributed by atoms with Gasteiger partial charge in [0.2, 0.25) is 0 Å². The standard InChI is InChI=1S/C15H12BrClFN3S/c1-9-5-6-12(16)19-14(9)20-15-21(7-8-22-15)13-10(17)3-2-4-11(13)18/h2-8,15H,1H3,(H,19,20). The normalized spacial score (nSPS) is 17.1. The molecule has 2 aromatic rings. The fraction of sp³-hybridized carbons (Fsp3) is 0.133. The number of para-hydroxylation sites is 1. The predicted molar refractivity (Wildman–Crippen MR) is 94.7 cm³/mol. The van der Waals surface area contributed by atoms with Crippen molar-refractivity contribution in [1.82, 2.24) is 4.98 Å². The molecule has 0 spiro atoms. The maximum atomic E-state index is 14.1. The zero-order chi connectivity index (χ0) is 15.7. The monoisotopic (exact) mass is 399 g/mol. The van der Waals surface area contributed by atoms with Crippen LogP contribution in [0.15, 0.2) is 46.5 Å². The molecule has 1 aliphatic heterocycles. The molecule has 0 amide bonds. The lowest BCUT2D eigenvalue weighted by molar-refractivity contribution is 0.625. The van der Waals surface area contributed by atoms with Crippen LogP contribution in [0.25, 0.3) is 0 Å². The summed E-state index contributed by atoms with van der Waals surface area (Å²) in [5.74, 6) is 0.387. The Bertz CT molecular complexity index is 720. The minimum Gasteiger partial charge on any atom is -0.341 e. The van der Waals surface area contributed by atoms with Gasteiger partial charge >= 0.3 is 0 Å². The van der Waals surface area contributed by atoms with Crippen LogP contribution < -0.4 is 10.2 Å². The molecule has 1 aromatic carbocycles. The van der Waals surface area contributed by atoms with E-state index < -0.39 is 0 Å². The van der Waals surface area contributed by atoms with E-state index in [0.717, 1.165) is 16.0 Å². The number of rotatable bonds is 3. The first-order valence-corrected chi connectivity index (χ1v) is 8.62. The summed E-state index contributed by atoms with van der Waals surface area (Å²) in [6.45, 7) is 1.97. The van der Waals surface area contributed by atoms with Gasteiger partial charge in [-0.05, 0) is 52.0 Å². The average Bonchev–Trinajstić information content (AvgIpc) is 2.91. The molecule has 1 N–H and O–H groups in total. The predicted octanol–water partition coefficient (Wildman–Crippen LogP) is 5.37. The van der Waals surface area contributed by atoms with Crippen molar-refractivity contribution in [2.24, 2.45) is 0 Å². The zero-order valence-electron chi connectivity index (χ0n) is 11.6. The largest absolute Gasteiger partial charge is 0.341 e. The van der Waals surface area contributed by atoms with E-state index in [4.69, 9.17) is 11.6 Å². The van der Waals surface area contributed by atoms with E-state index in [1.54, 1.807) is 23.2 Å². The van der Waals surface area contributed by atoms with Gasteiger partial charge in [-0.2, -0.15) is 0 Å². The molecular weight excluding hydrogens is 389 g/mol. The summed E-state index contributed by atoms with van der Waals surface area (Å²) in [4.78, 5) is 6.19. The van der Waals surface area contributed by atoms with E-state index in [0.29, 0.717) is 10.7 Å². The van der Waals surface area contributed by atoms with Gasteiger partial charge < -0.3 is 10.2 Å². The average molecular weight is 401 g/mol. The highest BCUT2D eigenvalue weighted by molar-refractivity contribution is 9.10. The molecule has 1 aromatic heterocycles. The van der Waals surface area contributed by atoms with E-state index in [1.807, 2.05) is 24.5 Å². The van der Waals surface area contributed by atoms with Crippen LogP contribution in [-0.2, 0) is 0 Å². The second kappa shape index (κ2) is 6.48.